The van der Waals surface area contributed by atoms with E-state index >= 15 is 0 Å². The van der Waals surface area contributed by atoms with Crippen LogP contribution in [0.1, 0.15) is 31.7 Å². The Morgan fingerprint density at radius 2 is 2.21 bits per heavy atom. The van der Waals surface area contributed by atoms with Gasteiger partial charge in [0.25, 0.3) is 0 Å². The topological polar surface area (TPSA) is 41.1 Å². The molecule has 1 aromatic rings. The van der Waals surface area contributed by atoms with Gasteiger partial charge in [-0.25, -0.2) is 4.39 Å². The lowest BCUT2D eigenvalue weighted by Crippen LogP contribution is -2.50. The first-order chi connectivity index (χ1) is 8.55. The third kappa shape index (κ3) is 3.45. The molecule has 19 heavy (non-hydrogen) atoms. The van der Waals surface area contributed by atoms with E-state index in [9.17, 15) is 9.18 Å². The summed E-state index contributed by atoms with van der Waals surface area (Å²) in [7, 11) is 0. The number of hydrogen-bond donors (Lipinski definition) is 2. The largest absolute Gasteiger partial charge is 0.324 e. The highest BCUT2D eigenvalue weighted by Gasteiger charge is 2.39. The van der Waals surface area contributed by atoms with E-state index in [1.807, 2.05) is 13.8 Å². The molecule has 1 amide bonds. The molecule has 0 spiro atoms. The molecule has 106 valence electrons. The molecule has 1 saturated heterocycles. The Morgan fingerprint density at radius 3 is 2.74 bits per heavy atom. The fraction of sp³-hybridized carbons (Fsp3) is 0.500. The van der Waals surface area contributed by atoms with Crippen molar-refractivity contribution < 1.29 is 9.18 Å². The van der Waals surface area contributed by atoms with Gasteiger partial charge in [0, 0.05) is 5.69 Å². The van der Waals surface area contributed by atoms with Crippen LogP contribution in [0.2, 0.25) is 0 Å². The number of carbonyl (C=O) groups excluding carboxylic acids is 1. The van der Waals surface area contributed by atoms with Crippen molar-refractivity contribution in [1.29, 1.82) is 0 Å². The highest BCUT2D eigenvalue weighted by Crippen LogP contribution is 2.25. The molecule has 3 nitrogen and oxygen atoms in total. The molecule has 5 heteroatoms. The van der Waals surface area contributed by atoms with Crippen LogP contribution in [0.4, 0.5) is 10.1 Å². The number of anilines is 1. The van der Waals surface area contributed by atoms with Crippen LogP contribution in [0, 0.1) is 12.7 Å². The van der Waals surface area contributed by atoms with Gasteiger partial charge in [0.1, 0.15) is 5.82 Å². The summed E-state index contributed by atoms with van der Waals surface area (Å²) in [5.41, 5.74) is 0.842. The zero-order valence-corrected chi connectivity index (χ0v) is 12.1. The average Bonchev–Trinajstić information content (AvgIpc) is 2.77. The predicted molar refractivity (Wildman–Crippen MR) is 77.3 cm³/mol. The maximum atomic E-state index is 13.3. The van der Waals surface area contributed by atoms with Gasteiger partial charge in [0.15, 0.2) is 0 Å². The van der Waals surface area contributed by atoms with E-state index in [1.54, 1.807) is 6.07 Å². The van der Waals surface area contributed by atoms with E-state index in [1.165, 1.54) is 12.1 Å². The normalized spacial score (nSPS) is 21.8. The Morgan fingerprint density at radius 1 is 1.47 bits per heavy atom. The molecule has 1 aliphatic rings. The molecule has 1 aromatic carbocycles. The van der Waals surface area contributed by atoms with Crippen LogP contribution in [-0.2, 0) is 4.79 Å². The first-order valence-corrected chi connectivity index (χ1v) is 6.39. The SMILES string of the molecule is CCC1(C(=O)Nc2cc(C)cc(F)c2)CCCN1.Cl. The van der Waals surface area contributed by atoms with Crippen molar-refractivity contribution >= 4 is 24.0 Å². The number of aryl methyl sites for hydroxylation is 1. The van der Waals surface area contributed by atoms with Gasteiger partial charge >= 0.3 is 0 Å². The zero-order valence-electron chi connectivity index (χ0n) is 11.3. The fourth-order valence-electron chi connectivity index (χ4n) is 2.52. The number of amides is 1. The molecule has 1 fully saturated rings. The molecule has 0 bridgehead atoms. The van der Waals surface area contributed by atoms with Crippen LogP contribution < -0.4 is 10.6 Å². The highest BCUT2D eigenvalue weighted by molar-refractivity contribution is 5.98. The van der Waals surface area contributed by atoms with Gasteiger partial charge in [-0.2, -0.15) is 0 Å². The molecule has 0 saturated carbocycles. The number of nitrogens with one attached hydrogen (secondary N) is 2. The summed E-state index contributed by atoms with van der Waals surface area (Å²) in [6, 6.07) is 4.57. The van der Waals surface area contributed by atoms with E-state index in [4.69, 9.17) is 0 Å². The number of rotatable bonds is 3. The van der Waals surface area contributed by atoms with Crippen LogP contribution >= 0.6 is 12.4 Å². The van der Waals surface area contributed by atoms with E-state index in [0.717, 1.165) is 31.4 Å². The van der Waals surface area contributed by atoms with Gasteiger partial charge in [-0.1, -0.05) is 6.92 Å². The molecule has 1 aliphatic heterocycles. The monoisotopic (exact) mass is 286 g/mol. The van der Waals surface area contributed by atoms with Crippen molar-refractivity contribution in [3.05, 3.63) is 29.6 Å². The van der Waals surface area contributed by atoms with Crippen molar-refractivity contribution in [2.24, 2.45) is 0 Å². The number of halogens is 2. The first-order valence-electron chi connectivity index (χ1n) is 6.39. The lowest BCUT2D eigenvalue weighted by molar-refractivity contribution is -0.122. The molecular weight excluding hydrogens is 267 g/mol. The Balaban J connectivity index is 0.00000180. The van der Waals surface area contributed by atoms with E-state index in [2.05, 4.69) is 10.6 Å². The quantitative estimate of drug-likeness (QED) is 0.897. The van der Waals surface area contributed by atoms with E-state index in [-0.39, 0.29) is 24.1 Å². The molecule has 0 aromatic heterocycles. The third-order valence-corrected chi connectivity index (χ3v) is 3.58. The molecule has 1 heterocycles. The summed E-state index contributed by atoms with van der Waals surface area (Å²) in [6.07, 6.45) is 2.58. The first kappa shape index (κ1) is 15.9. The van der Waals surface area contributed by atoms with Gasteiger partial charge in [-0.05, 0) is 56.5 Å². The molecule has 1 unspecified atom stereocenters. The van der Waals surface area contributed by atoms with Crippen molar-refractivity contribution in [2.75, 3.05) is 11.9 Å². The Hall–Kier alpha value is -1.13. The smallest absolute Gasteiger partial charge is 0.244 e. The summed E-state index contributed by atoms with van der Waals surface area (Å²) in [4.78, 5) is 12.3. The van der Waals surface area contributed by atoms with Crippen molar-refractivity contribution in [3.63, 3.8) is 0 Å². The minimum atomic E-state index is -0.486. The fourth-order valence-corrected chi connectivity index (χ4v) is 2.52. The second kappa shape index (κ2) is 6.35. The summed E-state index contributed by atoms with van der Waals surface area (Å²) >= 11 is 0. The number of carbonyl (C=O) groups is 1. The van der Waals surface area contributed by atoms with Crippen molar-refractivity contribution in [2.45, 2.75) is 38.6 Å². The Labute approximate surface area is 119 Å². The second-order valence-corrected chi connectivity index (χ2v) is 4.94. The number of hydrogen-bond acceptors (Lipinski definition) is 2. The lowest BCUT2D eigenvalue weighted by Gasteiger charge is -2.26. The zero-order chi connectivity index (χ0) is 13.2. The Bertz CT molecular complexity index is 439. The third-order valence-electron chi connectivity index (χ3n) is 3.58. The van der Waals surface area contributed by atoms with Gasteiger partial charge in [0.05, 0.1) is 5.54 Å². The number of benzene rings is 1. The van der Waals surface area contributed by atoms with Crippen molar-refractivity contribution in [1.82, 2.24) is 5.32 Å². The maximum Gasteiger partial charge on any atom is 0.244 e. The van der Waals surface area contributed by atoms with Gasteiger partial charge < -0.3 is 10.6 Å². The summed E-state index contributed by atoms with van der Waals surface area (Å²) in [6.45, 7) is 4.67. The highest BCUT2D eigenvalue weighted by atomic mass is 35.5. The molecule has 0 aliphatic carbocycles. The summed E-state index contributed by atoms with van der Waals surface area (Å²) < 4.78 is 13.3. The van der Waals surface area contributed by atoms with Crippen LogP contribution in [0.15, 0.2) is 18.2 Å². The average molecular weight is 287 g/mol. The molecule has 1 atom stereocenters. The van der Waals surface area contributed by atoms with Crippen molar-refractivity contribution in [3.8, 4) is 0 Å². The predicted octanol–water partition coefficient (Wildman–Crippen LogP) is 3.03. The second-order valence-electron chi connectivity index (χ2n) is 4.94. The Kier molecular flexibility index (Phi) is 5.32. The van der Waals surface area contributed by atoms with E-state index in [0.29, 0.717) is 5.69 Å². The molecule has 2 N–H and O–H groups in total. The van der Waals surface area contributed by atoms with Gasteiger partial charge in [0.2, 0.25) is 5.91 Å². The minimum Gasteiger partial charge on any atom is -0.324 e. The van der Waals surface area contributed by atoms with Crippen LogP contribution in [-0.4, -0.2) is 18.0 Å². The molecular formula is C14H20ClFN2O. The van der Waals surface area contributed by atoms with Gasteiger partial charge in [-0.15, -0.1) is 12.4 Å². The summed E-state index contributed by atoms with van der Waals surface area (Å²) in [5.74, 6) is -0.386. The summed E-state index contributed by atoms with van der Waals surface area (Å²) in [5, 5.41) is 6.08. The minimum absolute atomic E-state index is 0. The van der Waals surface area contributed by atoms with Crippen LogP contribution in [0.3, 0.4) is 0 Å². The lowest BCUT2D eigenvalue weighted by atomic mass is 9.93. The van der Waals surface area contributed by atoms with Crippen LogP contribution in [0.25, 0.3) is 0 Å². The molecule has 0 radical (unpaired) electrons. The maximum absolute atomic E-state index is 13.3. The standard InChI is InChI=1S/C14H19FN2O.ClH/c1-3-14(5-4-6-16-14)13(18)17-12-8-10(2)7-11(15)9-12;/h7-9,16H,3-6H2,1-2H3,(H,17,18);1H. The molecule has 2 rings (SSSR count). The van der Waals surface area contributed by atoms with E-state index < -0.39 is 5.54 Å². The van der Waals surface area contributed by atoms with Gasteiger partial charge in [-0.3, -0.25) is 4.79 Å². The van der Waals surface area contributed by atoms with Crippen LogP contribution in [0.5, 0.6) is 0 Å².